The van der Waals surface area contributed by atoms with Gasteiger partial charge in [-0.05, 0) is 61.2 Å². The first-order valence-electron chi connectivity index (χ1n) is 23.1. The van der Waals surface area contributed by atoms with E-state index in [2.05, 4.69) is 88.6 Å². The van der Waals surface area contributed by atoms with Gasteiger partial charge in [0.1, 0.15) is 29.3 Å². The molecule has 2 heterocycles. The molecule has 0 aliphatic heterocycles. The van der Waals surface area contributed by atoms with E-state index < -0.39 is 38.1 Å². The molecule has 0 spiro atoms. The fourth-order valence-electron chi connectivity index (χ4n) is 8.50. The average Bonchev–Trinajstić information content (AvgIpc) is 4.02. The highest BCUT2D eigenvalue weighted by Gasteiger charge is 2.45. The summed E-state index contributed by atoms with van der Waals surface area (Å²) in [7, 11) is -0.827. The smallest absolute Gasteiger partial charge is 0.269 e. The number of aliphatic hydroxyl groups is 2. The van der Waals surface area contributed by atoms with Gasteiger partial charge in [-0.25, -0.2) is 0 Å². The number of amides is 1. The number of nitro benzene ring substituents is 1. The molecule has 358 valence electrons. The Labute approximate surface area is 407 Å². The Morgan fingerprint density at radius 3 is 1.54 bits per heavy atom. The summed E-state index contributed by atoms with van der Waals surface area (Å²) < 4.78 is 17.4. The van der Waals surface area contributed by atoms with Crippen molar-refractivity contribution in [2.45, 2.75) is 76.4 Å². The fraction of sp³-hybridized carbons (Fsp3) is 0.302. The number of carbonyl (C=O) groups is 1. The van der Waals surface area contributed by atoms with Gasteiger partial charge in [0.05, 0.1) is 47.6 Å². The summed E-state index contributed by atoms with van der Waals surface area (Å²) in [6.07, 6.45) is 17.9. The Balaban J connectivity index is 0.000000341. The van der Waals surface area contributed by atoms with Crippen LogP contribution >= 0.6 is 14.4 Å². The minimum absolute atomic E-state index is 0. The Hall–Kier alpha value is -5.74. The molecule has 2 unspecified atom stereocenters. The lowest BCUT2D eigenvalue weighted by Crippen LogP contribution is -3.00. The van der Waals surface area contributed by atoms with Crippen molar-refractivity contribution in [3.63, 3.8) is 0 Å². The number of non-ortho nitro benzene ring substituents is 1. The van der Waals surface area contributed by atoms with E-state index in [1.165, 1.54) is 65.9 Å². The summed E-state index contributed by atoms with van der Waals surface area (Å²) in [5, 5.41) is 49.1. The highest BCUT2D eigenvalue weighted by molar-refractivity contribution is 7.95. The molecule has 5 aromatic carbocycles. The molecule has 0 bridgehead atoms. The number of hydrogen-bond acceptors (Lipinski definition) is 8. The van der Waals surface area contributed by atoms with E-state index in [1.54, 1.807) is 10.9 Å². The number of aliphatic hydroxyl groups excluding tert-OH is 2. The van der Waals surface area contributed by atoms with E-state index in [-0.39, 0.29) is 24.0 Å². The largest absolute Gasteiger partial charge is 1.00 e. The molecule has 0 aliphatic rings. The van der Waals surface area contributed by atoms with Gasteiger partial charge in [-0.2, -0.15) is 10.2 Å². The van der Waals surface area contributed by atoms with Crippen molar-refractivity contribution in [1.82, 2.24) is 24.9 Å². The maximum atomic E-state index is 13.8. The Kier molecular flexibility index (Phi) is 20.9. The molecule has 7 aromatic rings. The normalized spacial score (nSPS) is 12.2. The van der Waals surface area contributed by atoms with Gasteiger partial charge in [0.25, 0.3) is 5.69 Å². The zero-order valence-corrected chi connectivity index (χ0v) is 41.4. The second-order valence-corrected chi connectivity index (χ2v) is 23.2. The number of rotatable bonds is 23. The third kappa shape index (κ3) is 13.9. The first-order valence-corrected chi connectivity index (χ1v) is 26.8. The van der Waals surface area contributed by atoms with Crippen LogP contribution in [0.25, 0.3) is 0 Å². The Morgan fingerprint density at radius 2 is 1.10 bits per heavy atom. The van der Waals surface area contributed by atoms with Crippen LogP contribution in [-0.2, 0) is 23.5 Å². The van der Waals surface area contributed by atoms with Crippen LogP contribution in [0.2, 0.25) is 0 Å². The molecule has 0 radical (unpaired) electrons. The van der Waals surface area contributed by atoms with Gasteiger partial charge in [-0.15, -0.1) is 0 Å². The standard InChI is InChI=1S/C37H47N4O5P.C16H15N2OP.ClH/c1-40-28-34(27-38-40)47(32-17-11-9-12-18-32,33-19-13-10-14-20-33)26-16-8-6-4-2-3-5-7-15-21-36(43)39-35(29-42)37(44)30-22-24-31(25-23-30)41(45)46;1-18-13-16(12-17-18)20(19,14-8-4-2-5-9-14)15-10-6-3-7-11-15;/h9-14,17-20,22-25,27-28,35,37,42,44H,2-8,15-16,21,26,29H2,1H3;2-13H,1H3;1H. The number of benzene rings is 5. The van der Waals surface area contributed by atoms with Crippen LogP contribution in [-0.4, -0.2) is 59.4 Å². The SMILES string of the molecule is Cn1cc(P(=O)(c2ccccc2)c2ccccc2)cn1.Cn1cc([P+](CCCCCCCCCCCC(=O)NC(CO)C(O)c2ccc([N+](=O)[O-])cc2)(c2ccccc2)c2ccccc2)cn1.[Cl-]. The minimum Gasteiger partial charge on any atom is -1.00 e. The highest BCUT2D eigenvalue weighted by Crippen LogP contribution is 2.56. The lowest BCUT2D eigenvalue weighted by molar-refractivity contribution is -0.384. The molecule has 0 aliphatic carbocycles. The van der Waals surface area contributed by atoms with Gasteiger partial charge in [0, 0.05) is 49.5 Å². The monoisotopic (exact) mass is 976 g/mol. The third-order valence-corrected chi connectivity index (χ3v) is 19.6. The van der Waals surface area contributed by atoms with Crippen molar-refractivity contribution < 1.29 is 36.9 Å². The van der Waals surface area contributed by atoms with Gasteiger partial charge < -0.3 is 32.5 Å². The molecule has 2 aromatic heterocycles. The Morgan fingerprint density at radius 1 is 0.647 bits per heavy atom. The summed E-state index contributed by atoms with van der Waals surface area (Å²) in [4.78, 5) is 22.8. The van der Waals surface area contributed by atoms with Crippen molar-refractivity contribution in [1.29, 1.82) is 0 Å². The second-order valence-electron chi connectivity index (χ2n) is 16.8. The molecule has 0 fully saturated rings. The zero-order chi connectivity index (χ0) is 47.5. The minimum atomic E-state index is -2.84. The third-order valence-electron chi connectivity index (χ3n) is 12.1. The van der Waals surface area contributed by atoms with Crippen molar-refractivity contribution in [3.8, 4) is 0 Å². The molecule has 15 heteroatoms. The van der Waals surface area contributed by atoms with E-state index in [0.29, 0.717) is 12.0 Å². The number of halogens is 1. The van der Waals surface area contributed by atoms with Crippen LogP contribution in [0.15, 0.2) is 170 Å². The van der Waals surface area contributed by atoms with Crippen LogP contribution in [0.4, 0.5) is 5.69 Å². The second kappa shape index (κ2) is 26.7. The van der Waals surface area contributed by atoms with Crippen LogP contribution in [0.1, 0.15) is 75.9 Å². The fourth-order valence-corrected chi connectivity index (χ4v) is 15.5. The highest BCUT2D eigenvalue weighted by atomic mass is 35.5. The number of hydrogen-bond donors (Lipinski definition) is 3. The van der Waals surface area contributed by atoms with E-state index in [1.807, 2.05) is 85.6 Å². The number of nitrogens with zero attached hydrogens (tertiary/aromatic N) is 5. The predicted molar refractivity (Wildman–Crippen MR) is 273 cm³/mol. The van der Waals surface area contributed by atoms with Gasteiger partial charge in [-0.3, -0.25) is 24.3 Å². The molecule has 3 N–H and O–H groups in total. The van der Waals surface area contributed by atoms with E-state index in [9.17, 15) is 29.7 Å². The quantitative estimate of drug-likeness (QED) is 0.0357. The molecule has 7 rings (SSSR count). The summed E-state index contributed by atoms with van der Waals surface area (Å²) in [5.41, 5.74) is 0.314. The molecule has 12 nitrogen and oxygen atoms in total. The van der Waals surface area contributed by atoms with E-state index in [0.717, 1.165) is 54.2 Å². The van der Waals surface area contributed by atoms with Crippen molar-refractivity contribution in [2.75, 3.05) is 12.8 Å². The maximum absolute atomic E-state index is 13.8. The van der Waals surface area contributed by atoms with E-state index >= 15 is 0 Å². The molecule has 0 saturated carbocycles. The van der Waals surface area contributed by atoms with Gasteiger partial charge in [0.2, 0.25) is 5.91 Å². The summed E-state index contributed by atoms with van der Waals surface area (Å²) in [6, 6.07) is 45.7. The summed E-state index contributed by atoms with van der Waals surface area (Å²) in [6.45, 7) is -0.436. The van der Waals surface area contributed by atoms with Crippen LogP contribution in [0.5, 0.6) is 0 Å². The molecule has 2 atom stereocenters. The molecular weight excluding hydrogens is 914 g/mol. The van der Waals surface area contributed by atoms with Crippen LogP contribution in [0.3, 0.4) is 0 Å². The zero-order valence-electron chi connectivity index (χ0n) is 38.8. The number of nitro groups is 1. The number of aromatic nitrogens is 4. The lowest BCUT2D eigenvalue weighted by atomic mass is 10.0. The van der Waals surface area contributed by atoms with Gasteiger partial charge in [-0.1, -0.05) is 136 Å². The van der Waals surface area contributed by atoms with E-state index in [4.69, 9.17) is 0 Å². The lowest BCUT2D eigenvalue weighted by Gasteiger charge is -2.26. The first-order chi connectivity index (χ1) is 32.6. The number of unbranched alkanes of at least 4 members (excludes halogenated alkanes) is 8. The maximum Gasteiger partial charge on any atom is 0.269 e. The summed E-state index contributed by atoms with van der Waals surface area (Å²) in [5.74, 6) is -0.221. The number of carbonyl (C=O) groups excluding carboxylic acids is 1. The molecule has 0 saturated heterocycles. The van der Waals surface area contributed by atoms with Crippen molar-refractivity contribution >= 4 is 57.8 Å². The predicted octanol–water partition coefficient (Wildman–Crippen LogP) is 4.80. The van der Waals surface area contributed by atoms with Crippen molar-refractivity contribution in [3.05, 3.63) is 186 Å². The van der Waals surface area contributed by atoms with Crippen LogP contribution < -0.4 is 49.6 Å². The van der Waals surface area contributed by atoms with Gasteiger partial charge in [0.15, 0.2) is 7.14 Å². The Bertz CT molecular complexity index is 2540. The first kappa shape index (κ1) is 53.2. The summed E-state index contributed by atoms with van der Waals surface area (Å²) >= 11 is 0. The topological polar surface area (TPSA) is 165 Å². The van der Waals surface area contributed by atoms with Crippen LogP contribution in [0, 0.1) is 10.1 Å². The molecule has 68 heavy (non-hydrogen) atoms. The molecule has 1 amide bonds. The number of nitrogens with one attached hydrogen (secondary N) is 1. The average molecular weight is 978 g/mol. The number of aryl methyl sites for hydroxylation is 2. The molecular formula is C53H63ClN6O6P2. The van der Waals surface area contributed by atoms with Crippen molar-refractivity contribution in [2.24, 2.45) is 14.1 Å². The van der Waals surface area contributed by atoms with Gasteiger partial charge >= 0.3 is 0 Å².